The summed E-state index contributed by atoms with van der Waals surface area (Å²) in [6.45, 7) is 6.04. The number of aliphatic hydroxyl groups is 1. The van der Waals surface area contributed by atoms with Gasteiger partial charge in [0.25, 0.3) is 5.91 Å². The average molecular weight is 495 g/mol. The zero-order valence-electron chi connectivity index (χ0n) is 20.2. The minimum atomic E-state index is -1.45. The van der Waals surface area contributed by atoms with Crippen molar-refractivity contribution in [2.75, 3.05) is 18.4 Å². The van der Waals surface area contributed by atoms with E-state index in [0.29, 0.717) is 17.3 Å². The molecule has 1 saturated heterocycles. The minimum absolute atomic E-state index is 0.175. The van der Waals surface area contributed by atoms with E-state index in [1.807, 2.05) is 20.0 Å². The molecule has 1 aliphatic rings. The number of hydrogen-bond acceptors (Lipinski definition) is 9. The van der Waals surface area contributed by atoms with Gasteiger partial charge in [-0.2, -0.15) is 15.3 Å². The number of aromatic nitrogens is 5. The molecule has 0 saturated carbocycles. The Balaban J connectivity index is 1.49. The van der Waals surface area contributed by atoms with E-state index in [1.165, 1.54) is 18.2 Å². The second kappa shape index (κ2) is 10.7. The fourth-order valence-electron chi connectivity index (χ4n) is 3.92. The van der Waals surface area contributed by atoms with Crippen LogP contribution in [-0.2, 0) is 11.3 Å². The fourth-order valence-corrected chi connectivity index (χ4v) is 3.92. The molecule has 2 aromatic heterocycles. The van der Waals surface area contributed by atoms with Gasteiger partial charge < -0.3 is 20.1 Å². The van der Waals surface area contributed by atoms with Gasteiger partial charge in [0.05, 0.1) is 23.5 Å². The van der Waals surface area contributed by atoms with Crippen molar-refractivity contribution < 1.29 is 19.0 Å². The van der Waals surface area contributed by atoms with Gasteiger partial charge >= 0.3 is 0 Å². The number of alkyl halides is 1. The largest absolute Gasteiger partial charge is 0.486 e. The molecule has 1 aromatic carbocycles. The lowest BCUT2D eigenvalue weighted by atomic mass is 10.0. The summed E-state index contributed by atoms with van der Waals surface area (Å²) in [5.74, 6) is 0.402. The van der Waals surface area contributed by atoms with Gasteiger partial charge in [0.2, 0.25) is 5.95 Å². The van der Waals surface area contributed by atoms with Gasteiger partial charge in [0.15, 0.2) is 12.0 Å². The Morgan fingerprint density at radius 1 is 1.42 bits per heavy atom. The SMILES string of the molecule is CCn1cc(Nc2ncnc(-c3ccc(OC4CCN(C(=O)[C@H](C)O)C[C@H]4F)c(C#N)c3)n2)c(C)n1. The number of anilines is 2. The number of benzene rings is 1. The monoisotopic (exact) mass is 494 g/mol. The number of piperidine rings is 1. The first-order valence-electron chi connectivity index (χ1n) is 11.6. The van der Waals surface area contributed by atoms with Gasteiger partial charge in [-0.3, -0.25) is 9.48 Å². The Morgan fingerprint density at radius 3 is 2.89 bits per heavy atom. The van der Waals surface area contributed by atoms with Crippen LogP contribution in [0.5, 0.6) is 5.75 Å². The van der Waals surface area contributed by atoms with E-state index in [1.54, 1.807) is 22.9 Å². The van der Waals surface area contributed by atoms with E-state index in [2.05, 4.69) is 31.4 Å². The number of rotatable bonds is 7. The zero-order valence-corrected chi connectivity index (χ0v) is 20.2. The molecule has 0 bridgehead atoms. The first kappa shape index (κ1) is 25.0. The number of halogens is 1. The van der Waals surface area contributed by atoms with Gasteiger partial charge in [-0.15, -0.1) is 0 Å². The summed E-state index contributed by atoms with van der Waals surface area (Å²) in [6.07, 6.45) is 0.0180. The number of likely N-dealkylation sites (tertiary alicyclic amines) is 1. The molecule has 36 heavy (non-hydrogen) atoms. The standard InChI is InChI=1S/C24H27FN8O3/c1-4-33-12-19(14(2)31-33)29-24-28-13-27-22(30-24)16-5-6-20(17(9-16)10-26)36-21-7-8-32(11-18(21)25)23(35)15(3)34/h5-6,9,12-13,15,18,21,34H,4,7-8,11H2,1-3H3,(H,27,28,29,30)/t15-,18+,21?/m0/s1. The third-order valence-electron chi connectivity index (χ3n) is 5.88. The maximum Gasteiger partial charge on any atom is 0.251 e. The van der Waals surface area contributed by atoms with Gasteiger partial charge in [-0.1, -0.05) is 0 Å². The van der Waals surface area contributed by atoms with Crippen molar-refractivity contribution in [2.24, 2.45) is 0 Å². The number of aryl methyl sites for hydroxylation is 2. The van der Waals surface area contributed by atoms with Crippen LogP contribution in [0.15, 0.2) is 30.7 Å². The third-order valence-corrected chi connectivity index (χ3v) is 5.88. The first-order valence-corrected chi connectivity index (χ1v) is 11.6. The number of hydrogen-bond donors (Lipinski definition) is 2. The van der Waals surface area contributed by atoms with E-state index in [4.69, 9.17) is 4.74 Å². The topological polar surface area (TPSA) is 142 Å². The predicted molar refractivity (Wildman–Crippen MR) is 128 cm³/mol. The zero-order chi connectivity index (χ0) is 25.8. The highest BCUT2D eigenvalue weighted by molar-refractivity contribution is 5.80. The highest BCUT2D eigenvalue weighted by atomic mass is 19.1. The number of nitrogens with zero attached hydrogens (tertiary/aromatic N) is 7. The fraction of sp³-hybridized carbons (Fsp3) is 0.417. The Labute approximate surface area is 207 Å². The first-order chi connectivity index (χ1) is 17.3. The Bertz CT molecular complexity index is 1290. The van der Waals surface area contributed by atoms with Crippen molar-refractivity contribution in [1.82, 2.24) is 29.6 Å². The molecule has 1 amide bonds. The van der Waals surface area contributed by atoms with E-state index >= 15 is 0 Å². The van der Waals surface area contributed by atoms with Gasteiger partial charge in [-0.25, -0.2) is 14.4 Å². The van der Waals surface area contributed by atoms with Crippen LogP contribution in [0.1, 0.15) is 31.5 Å². The van der Waals surface area contributed by atoms with Crippen molar-refractivity contribution >= 4 is 17.5 Å². The second-order valence-corrected chi connectivity index (χ2v) is 8.49. The van der Waals surface area contributed by atoms with Gasteiger partial charge in [0.1, 0.15) is 30.4 Å². The van der Waals surface area contributed by atoms with Crippen molar-refractivity contribution in [3.63, 3.8) is 0 Å². The molecule has 1 unspecified atom stereocenters. The summed E-state index contributed by atoms with van der Waals surface area (Å²) in [5, 5.41) is 26.7. The smallest absolute Gasteiger partial charge is 0.251 e. The van der Waals surface area contributed by atoms with Gasteiger partial charge in [0, 0.05) is 31.3 Å². The van der Waals surface area contributed by atoms with Crippen LogP contribution in [0, 0.1) is 18.3 Å². The van der Waals surface area contributed by atoms with Crippen LogP contribution in [0.3, 0.4) is 0 Å². The molecule has 4 rings (SSSR count). The van der Waals surface area contributed by atoms with Crippen LogP contribution in [0.2, 0.25) is 0 Å². The van der Waals surface area contributed by atoms with Crippen LogP contribution < -0.4 is 10.1 Å². The molecule has 0 aliphatic carbocycles. The highest BCUT2D eigenvalue weighted by Gasteiger charge is 2.34. The maximum atomic E-state index is 14.7. The quantitative estimate of drug-likeness (QED) is 0.506. The number of carbonyl (C=O) groups excluding carboxylic acids is 1. The molecule has 1 fully saturated rings. The lowest BCUT2D eigenvalue weighted by Crippen LogP contribution is -2.51. The summed E-state index contributed by atoms with van der Waals surface area (Å²) in [4.78, 5) is 26.1. The second-order valence-electron chi connectivity index (χ2n) is 8.49. The molecule has 2 N–H and O–H groups in total. The molecule has 188 valence electrons. The van der Waals surface area contributed by atoms with Gasteiger partial charge in [-0.05, 0) is 39.0 Å². The summed E-state index contributed by atoms with van der Waals surface area (Å²) in [5.41, 5.74) is 2.35. The predicted octanol–water partition coefficient (Wildman–Crippen LogP) is 2.38. The maximum absolute atomic E-state index is 14.7. The number of nitrogens with one attached hydrogen (secondary N) is 1. The molecular weight excluding hydrogens is 467 g/mol. The number of amides is 1. The molecule has 0 radical (unpaired) electrons. The van der Waals surface area contributed by atoms with Crippen LogP contribution in [0.25, 0.3) is 11.4 Å². The number of ether oxygens (including phenoxy) is 1. The molecule has 3 aromatic rings. The molecule has 12 heteroatoms. The normalized spacial score (nSPS) is 18.4. The Kier molecular flexibility index (Phi) is 7.40. The molecule has 1 aliphatic heterocycles. The van der Waals surface area contributed by atoms with E-state index < -0.39 is 24.3 Å². The molecule has 0 spiro atoms. The van der Waals surface area contributed by atoms with Crippen molar-refractivity contribution in [2.45, 2.75) is 52.1 Å². The molecule has 3 heterocycles. The summed E-state index contributed by atoms with van der Waals surface area (Å²) >= 11 is 0. The average Bonchev–Trinajstić information content (AvgIpc) is 3.24. The van der Waals surface area contributed by atoms with Crippen molar-refractivity contribution in [1.29, 1.82) is 5.26 Å². The minimum Gasteiger partial charge on any atom is -0.486 e. The summed E-state index contributed by atoms with van der Waals surface area (Å²) in [7, 11) is 0. The van der Waals surface area contributed by atoms with Crippen LogP contribution >= 0.6 is 0 Å². The highest BCUT2D eigenvalue weighted by Crippen LogP contribution is 2.28. The Morgan fingerprint density at radius 2 is 2.22 bits per heavy atom. The van der Waals surface area contributed by atoms with E-state index in [9.17, 15) is 19.6 Å². The van der Waals surface area contributed by atoms with Crippen molar-refractivity contribution in [3.05, 3.63) is 42.0 Å². The molecule has 3 atom stereocenters. The van der Waals surface area contributed by atoms with E-state index in [0.717, 1.165) is 17.9 Å². The summed E-state index contributed by atoms with van der Waals surface area (Å²) < 4.78 is 22.4. The number of nitriles is 1. The summed E-state index contributed by atoms with van der Waals surface area (Å²) in [6, 6.07) is 6.93. The Hall–Kier alpha value is -4.11. The molecular formula is C24H27FN8O3. The third kappa shape index (κ3) is 5.41. The lowest BCUT2D eigenvalue weighted by Gasteiger charge is -2.35. The van der Waals surface area contributed by atoms with Crippen LogP contribution in [0.4, 0.5) is 16.0 Å². The van der Waals surface area contributed by atoms with Crippen molar-refractivity contribution in [3.8, 4) is 23.2 Å². The number of aliphatic hydroxyl groups excluding tert-OH is 1. The van der Waals surface area contributed by atoms with E-state index in [-0.39, 0.29) is 30.8 Å². The lowest BCUT2D eigenvalue weighted by molar-refractivity contribution is -0.143. The number of carbonyl (C=O) groups is 1. The molecule has 11 nitrogen and oxygen atoms in total. The van der Waals surface area contributed by atoms with Crippen LogP contribution in [-0.4, -0.2) is 72.1 Å².